The maximum atomic E-state index is 13.1. The van der Waals surface area contributed by atoms with E-state index < -0.39 is 24.8 Å². The normalized spacial score (nSPS) is 11.8. The molecule has 2 aromatic rings. The minimum atomic E-state index is -4.16. The molecular formula is C14H13IO3. The molecule has 0 aromatic heterocycles. The molecule has 0 unspecified atom stereocenters. The van der Waals surface area contributed by atoms with E-state index in [1.54, 1.807) is 48.5 Å². The van der Waals surface area contributed by atoms with Crippen LogP contribution in [-0.4, -0.2) is 5.97 Å². The molecule has 0 atom stereocenters. The first-order valence-electron chi connectivity index (χ1n) is 5.42. The molecule has 3 nitrogen and oxygen atoms in total. The molecule has 4 heteroatoms. The van der Waals surface area contributed by atoms with Crippen molar-refractivity contribution >= 4 is 24.8 Å². The first kappa shape index (κ1) is 12.9. The van der Waals surface area contributed by atoms with Crippen molar-refractivity contribution in [2.45, 2.75) is 6.92 Å². The second-order valence-electron chi connectivity index (χ2n) is 3.63. The summed E-state index contributed by atoms with van der Waals surface area (Å²) in [6.07, 6.45) is 0. The van der Waals surface area contributed by atoms with Crippen molar-refractivity contribution in [2.75, 3.05) is 0 Å². The van der Waals surface area contributed by atoms with Gasteiger partial charge in [0, 0.05) is 0 Å². The molecule has 2 aromatic carbocycles. The summed E-state index contributed by atoms with van der Waals surface area (Å²) in [5.41, 5.74) is 0. The zero-order chi connectivity index (χ0) is 13.0. The van der Waals surface area contributed by atoms with E-state index in [9.17, 15) is 7.86 Å². The van der Waals surface area contributed by atoms with Gasteiger partial charge in [-0.1, -0.05) is 0 Å². The molecule has 0 spiro atoms. The van der Waals surface area contributed by atoms with Crippen molar-refractivity contribution in [3.8, 4) is 0 Å². The molecule has 18 heavy (non-hydrogen) atoms. The second kappa shape index (κ2) is 5.39. The molecule has 0 amide bonds. The van der Waals surface area contributed by atoms with Crippen LogP contribution in [0.25, 0.3) is 0 Å². The summed E-state index contributed by atoms with van der Waals surface area (Å²) in [5, 5.41) is 0. The van der Waals surface area contributed by atoms with Gasteiger partial charge in [0.05, 0.1) is 0 Å². The van der Waals surface area contributed by atoms with Gasteiger partial charge in [0.25, 0.3) is 0 Å². The number of carbonyl (C=O) groups is 1. The molecule has 0 N–H and O–H groups in total. The van der Waals surface area contributed by atoms with Gasteiger partial charge in [0.2, 0.25) is 0 Å². The van der Waals surface area contributed by atoms with Crippen molar-refractivity contribution in [2.24, 2.45) is 0 Å². The fourth-order valence-corrected chi connectivity index (χ4v) is 6.35. The molecule has 0 heterocycles. The Morgan fingerprint density at radius 1 is 0.889 bits per heavy atom. The zero-order valence-corrected chi connectivity index (χ0v) is 12.0. The van der Waals surface area contributed by atoms with E-state index >= 15 is 0 Å². The SMILES string of the molecule is CC(=O)OI(=O)(c1ccccc1)c1ccccc1. The summed E-state index contributed by atoms with van der Waals surface area (Å²) in [7, 11) is 0. The summed E-state index contributed by atoms with van der Waals surface area (Å²) in [5.74, 6) is -0.519. The van der Waals surface area contributed by atoms with Crippen molar-refractivity contribution in [1.82, 2.24) is 0 Å². The Bertz CT molecular complexity index is 535. The van der Waals surface area contributed by atoms with Crippen LogP contribution >= 0.6 is 18.8 Å². The number of rotatable bonds is 3. The van der Waals surface area contributed by atoms with Crippen LogP contribution in [0.4, 0.5) is 0 Å². The fourth-order valence-electron chi connectivity index (χ4n) is 1.53. The summed E-state index contributed by atoms with van der Waals surface area (Å²) in [6, 6.07) is 17.8. The number of hydrogen-bond acceptors (Lipinski definition) is 3. The Kier molecular flexibility index (Phi) is 3.86. The van der Waals surface area contributed by atoms with Crippen LogP contribution in [-0.2, 0) is 10.9 Å². The first-order chi connectivity index (χ1) is 8.63. The van der Waals surface area contributed by atoms with Crippen LogP contribution in [0.5, 0.6) is 0 Å². The van der Waals surface area contributed by atoms with Gasteiger partial charge >= 0.3 is 110 Å². The quantitative estimate of drug-likeness (QED) is 0.790. The number of halogens is 1. The molecule has 0 fully saturated rings. The van der Waals surface area contributed by atoms with E-state index in [0.717, 1.165) is 0 Å². The van der Waals surface area contributed by atoms with Gasteiger partial charge in [-0.05, 0) is 0 Å². The van der Waals surface area contributed by atoms with E-state index in [1.165, 1.54) is 6.92 Å². The molecular weight excluding hydrogens is 343 g/mol. The third-order valence-electron chi connectivity index (χ3n) is 2.26. The topological polar surface area (TPSA) is 43.4 Å². The Morgan fingerprint density at radius 3 is 1.61 bits per heavy atom. The van der Waals surface area contributed by atoms with Crippen molar-refractivity contribution < 1.29 is 10.9 Å². The third-order valence-corrected chi connectivity index (χ3v) is 8.22. The monoisotopic (exact) mass is 356 g/mol. The Morgan fingerprint density at radius 2 is 1.28 bits per heavy atom. The van der Waals surface area contributed by atoms with Crippen LogP contribution in [0.3, 0.4) is 0 Å². The Hall–Kier alpha value is -1.56. The average Bonchev–Trinajstić information content (AvgIpc) is 2.40. The van der Waals surface area contributed by atoms with E-state index in [0.29, 0.717) is 7.14 Å². The average molecular weight is 356 g/mol. The predicted molar refractivity (Wildman–Crippen MR) is 76.8 cm³/mol. The molecule has 0 saturated carbocycles. The van der Waals surface area contributed by atoms with Crippen LogP contribution in [0.15, 0.2) is 60.7 Å². The van der Waals surface area contributed by atoms with Gasteiger partial charge in [-0.2, -0.15) is 0 Å². The molecule has 0 aliphatic heterocycles. The molecule has 0 aliphatic rings. The molecule has 2 rings (SSSR count). The van der Waals surface area contributed by atoms with E-state index in [4.69, 9.17) is 3.07 Å². The molecule has 0 radical (unpaired) electrons. The Labute approximate surface area is 110 Å². The molecule has 0 bridgehead atoms. The summed E-state index contributed by atoms with van der Waals surface area (Å²) in [6.45, 7) is 1.28. The third kappa shape index (κ3) is 2.64. The molecule has 0 aliphatic carbocycles. The van der Waals surface area contributed by atoms with Crippen molar-refractivity contribution in [3.05, 3.63) is 67.8 Å². The van der Waals surface area contributed by atoms with Gasteiger partial charge in [-0.15, -0.1) is 0 Å². The van der Waals surface area contributed by atoms with E-state index in [2.05, 4.69) is 0 Å². The standard InChI is InChI=1S/C14H13IO3/c1-12(16)18-15(17,13-8-4-2-5-9-13)14-10-6-3-7-11-14/h2-11H,1H3. The maximum absolute atomic E-state index is 13.1. The number of benzene rings is 2. The van der Waals surface area contributed by atoms with Crippen molar-refractivity contribution in [3.63, 3.8) is 0 Å². The van der Waals surface area contributed by atoms with Gasteiger partial charge in [0.15, 0.2) is 0 Å². The Balaban J connectivity index is 2.55. The molecule has 0 saturated heterocycles. The summed E-state index contributed by atoms with van der Waals surface area (Å²) in [4.78, 5) is 11.2. The van der Waals surface area contributed by atoms with Crippen LogP contribution in [0.1, 0.15) is 6.92 Å². The summed E-state index contributed by atoms with van der Waals surface area (Å²) < 4.78 is 19.4. The predicted octanol–water partition coefficient (Wildman–Crippen LogP) is 3.59. The van der Waals surface area contributed by atoms with Gasteiger partial charge in [-0.25, -0.2) is 0 Å². The summed E-state index contributed by atoms with van der Waals surface area (Å²) >= 11 is -4.16. The van der Waals surface area contributed by atoms with Crippen LogP contribution in [0.2, 0.25) is 0 Å². The van der Waals surface area contributed by atoms with Crippen molar-refractivity contribution in [1.29, 1.82) is 0 Å². The first-order valence-corrected chi connectivity index (χ1v) is 9.34. The van der Waals surface area contributed by atoms with Crippen LogP contribution in [0, 0.1) is 7.14 Å². The minimum absolute atomic E-state index is 0.519. The van der Waals surface area contributed by atoms with Gasteiger partial charge in [-0.3, -0.25) is 0 Å². The van der Waals surface area contributed by atoms with Crippen LogP contribution < -0.4 is 0 Å². The van der Waals surface area contributed by atoms with E-state index in [-0.39, 0.29) is 0 Å². The van der Waals surface area contributed by atoms with Gasteiger partial charge in [0.1, 0.15) is 0 Å². The number of hydrogen-bond donors (Lipinski definition) is 0. The van der Waals surface area contributed by atoms with E-state index in [1.807, 2.05) is 12.1 Å². The molecule has 94 valence electrons. The second-order valence-corrected chi connectivity index (χ2v) is 9.22. The fraction of sp³-hybridized carbons (Fsp3) is 0.0714. The van der Waals surface area contributed by atoms with Gasteiger partial charge < -0.3 is 0 Å². The zero-order valence-electron chi connectivity index (χ0n) is 9.88. The number of carbonyl (C=O) groups excluding carboxylic acids is 1.